The van der Waals surface area contributed by atoms with E-state index in [1.165, 1.54) is 12.3 Å². The highest BCUT2D eigenvalue weighted by molar-refractivity contribution is 6.38. The molecule has 0 amide bonds. The SMILES string of the molecule is CC(C)c1cc(=O)[nH]c(N/N=C\c2c(Cl)cccc2Cl)n1. The Kier molecular flexibility index (Phi) is 4.98. The van der Waals surface area contributed by atoms with Crippen molar-refractivity contribution < 1.29 is 0 Å². The fraction of sp³-hybridized carbons (Fsp3) is 0.214. The van der Waals surface area contributed by atoms with Crippen molar-refractivity contribution in [2.75, 3.05) is 5.43 Å². The first-order valence-corrected chi connectivity index (χ1v) is 7.07. The van der Waals surface area contributed by atoms with E-state index in [1.54, 1.807) is 18.2 Å². The van der Waals surface area contributed by atoms with E-state index in [0.29, 0.717) is 21.3 Å². The summed E-state index contributed by atoms with van der Waals surface area (Å²) in [6, 6.07) is 6.65. The van der Waals surface area contributed by atoms with Crippen LogP contribution in [0.15, 0.2) is 34.2 Å². The van der Waals surface area contributed by atoms with Gasteiger partial charge in [-0.25, -0.2) is 10.4 Å². The number of hydrogen-bond acceptors (Lipinski definition) is 4. The summed E-state index contributed by atoms with van der Waals surface area (Å²) in [7, 11) is 0. The largest absolute Gasteiger partial charge is 0.291 e. The molecule has 0 aliphatic rings. The summed E-state index contributed by atoms with van der Waals surface area (Å²) in [5.41, 5.74) is 3.72. The van der Waals surface area contributed by atoms with Crippen LogP contribution in [0.1, 0.15) is 31.0 Å². The van der Waals surface area contributed by atoms with Gasteiger partial charge in [0, 0.05) is 11.6 Å². The van der Waals surface area contributed by atoms with Gasteiger partial charge >= 0.3 is 0 Å². The third kappa shape index (κ3) is 4.06. The van der Waals surface area contributed by atoms with Crippen molar-refractivity contribution in [2.24, 2.45) is 5.10 Å². The molecule has 0 saturated heterocycles. The quantitative estimate of drug-likeness (QED) is 0.666. The maximum absolute atomic E-state index is 11.5. The number of H-pyrrole nitrogens is 1. The monoisotopic (exact) mass is 324 g/mol. The van der Waals surface area contributed by atoms with Gasteiger partial charge in [0.2, 0.25) is 5.95 Å². The van der Waals surface area contributed by atoms with Gasteiger partial charge in [-0.05, 0) is 18.1 Å². The Morgan fingerprint density at radius 3 is 2.62 bits per heavy atom. The Bertz CT molecular complexity index is 705. The Morgan fingerprint density at radius 1 is 1.33 bits per heavy atom. The van der Waals surface area contributed by atoms with Crippen molar-refractivity contribution in [3.8, 4) is 0 Å². The van der Waals surface area contributed by atoms with E-state index in [2.05, 4.69) is 20.5 Å². The van der Waals surface area contributed by atoms with Gasteiger partial charge in [-0.3, -0.25) is 9.78 Å². The Labute approximate surface area is 132 Å². The van der Waals surface area contributed by atoms with Crippen LogP contribution in [-0.4, -0.2) is 16.2 Å². The molecule has 1 aromatic heterocycles. The van der Waals surface area contributed by atoms with Crippen LogP contribution < -0.4 is 11.0 Å². The first kappa shape index (κ1) is 15.5. The summed E-state index contributed by atoms with van der Waals surface area (Å²) >= 11 is 12.1. The summed E-state index contributed by atoms with van der Waals surface area (Å²) < 4.78 is 0. The number of aromatic nitrogens is 2. The fourth-order valence-electron chi connectivity index (χ4n) is 1.62. The number of hydrogen-bond donors (Lipinski definition) is 2. The van der Waals surface area contributed by atoms with E-state index in [9.17, 15) is 4.79 Å². The number of nitrogens with one attached hydrogen (secondary N) is 2. The minimum Gasteiger partial charge on any atom is -0.291 e. The molecule has 0 radical (unpaired) electrons. The molecule has 110 valence electrons. The molecule has 0 aliphatic heterocycles. The number of hydrazone groups is 1. The molecule has 5 nitrogen and oxygen atoms in total. The zero-order chi connectivity index (χ0) is 15.4. The third-order valence-electron chi connectivity index (χ3n) is 2.72. The lowest BCUT2D eigenvalue weighted by Gasteiger charge is -2.06. The number of anilines is 1. The molecule has 2 aromatic rings. The number of nitrogens with zero attached hydrogens (tertiary/aromatic N) is 2. The average molecular weight is 325 g/mol. The second kappa shape index (κ2) is 6.74. The molecule has 0 aliphatic carbocycles. The van der Waals surface area contributed by atoms with Crippen LogP contribution in [0, 0.1) is 0 Å². The molecular formula is C14H14Cl2N4O. The predicted octanol–water partition coefficient (Wildman–Crippen LogP) is 3.65. The standard InChI is InChI=1S/C14H14Cl2N4O/c1-8(2)12-6-13(21)19-14(18-12)20-17-7-9-10(15)4-3-5-11(9)16/h3-8H,1-2H3,(H2,18,19,20,21)/b17-7-. The van der Waals surface area contributed by atoms with E-state index in [4.69, 9.17) is 23.2 Å². The van der Waals surface area contributed by atoms with Gasteiger partial charge in [-0.15, -0.1) is 0 Å². The van der Waals surface area contributed by atoms with E-state index in [0.717, 1.165) is 0 Å². The van der Waals surface area contributed by atoms with Gasteiger partial charge in [0.15, 0.2) is 0 Å². The van der Waals surface area contributed by atoms with Crippen molar-refractivity contribution in [1.29, 1.82) is 0 Å². The molecule has 0 atom stereocenters. The number of aromatic amines is 1. The van der Waals surface area contributed by atoms with Crippen LogP contribution in [-0.2, 0) is 0 Å². The first-order chi connectivity index (χ1) is 9.97. The van der Waals surface area contributed by atoms with Crippen LogP contribution in [0.3, 0.4) is 0 Å². The molecule has 1 heterocycles. The molecular weight excluding hydrogens is 311 g/mol. The maximum Gasteiger partial charge on any atom is 0.252 e. The van der Waals surface area contributed by atoms with Crippen LogP contribution in [0.4, 0.5) is 5.95 Å². The smallest absolute Gasteiger partial charge is 0.252 e. The number of rotatable bonds is 4. The molecule has 2 N–H and O–H groups in total. The van der Waals surface area contributed by atoms with Crippen molar-refractivity contribution in [2.45, 2.75) is 19.8 Å². The van der Waals surface area contributed by atoms with Crippen LogP contribution in [0.25, 0.3) is 0 Å². The van der Waals surface area contributed by atoms with E-state index >= 15 is 0 Å². The summed E-state index contributed by atoms with van der Waals surface area (Å²) in [5, 5.41) is 4.98. The summed E-state index contributed by atoms with van der Waals surface area (Å²) in [4.78, 5) is 18.4. The highest BCUT2D eigenvalue weighted by Crippen LogP contribution is 2.22. The van der Waals surface area contributed by atoms with Gasteiger partial charge < -0.3 is 0 Å². The van der Waals surface area contributed by atoms with E-state index in [1.807, 2.05) is 13.8 Å². The Morgan fingerprint density at radius 2 is 2.00 bits per heavy atom. The zero-order valence-electron chi connectivity index (χ0n) is 11.5. The lowest BCUT2D eigenvalue weighted by Crippen LogP contribution is -2.12. The fourth-order valence-corrected chi connectivity index (χ4v) is 2.11. The highest BCUT2D eigenvalue weighted by Gasteiger charge is 2.05. The maximum atomic E-state index is 11.5. The molecule has 0 fully saturated rings. The minimum atomic E-state index is -0.234. The van der Waals surface area contributed by atoms with E-state index in [-0.39, 0.29) is 17.4 Å². The zero-order valence-corrected chi connectivity index (χ0v) is 13.0. The molecule has 2 rings (SSSR count). The van der Waals surface area contributed by atoms with Gasteiger partial charge in [-0.2, -0.15) is 5.10 Å². The highest BCUT2D eigenvalue weighted by atomic mass is 35.5. The predicted molar refractivity (Wildman–Crippen MR) is 86.6 cm³/mol. The topological polar surface area (TPSA) is 70.1 Å². The number of halogens is 2. The second-order valence-electron chi connectivity index (χ2n) is 4.68. The Hall–Kier alpha value is -1.85. The lowest BCUT2D eigenvalue weighted by atomic mass is 10.1. The third-order valence-corrected chi connectivity index (χ3v) is 3.38. The van der Waals surface area contributed by atoms with Crippen molar-refractivity contribution >= 4 is 35.4 Å². The first-order valence-electron chi connectivity index (χ1n) is 6.31. The second-order valence-corrected chi connectivity index (χ2v) is 5.49. The van der Waals surface area contributed by atoms with Crippen molar-refractivity contribution in [3.63, 3.8) is 0 Å². The average Bonchev–Trinajstić information content (AvgIpc) is 2.41. The van der Waals surface area contributed by atoms with Gasteiger partial charge in [0.1, 0.15) is 0 Å². The molecule has 7 heteroatoms. The minimum absolute atomic E-state index is 0.148. The lowest BCUT2D eigenvalue weighted by molar-refractivity contribution is 0.810. The van der Waals surface area contributed by atoms with Crippen LogP contribution in [0.2, 0.25) is 10.0 Å². The molecule has 0 bridgehead atoms. The van der Waals surface area contributed by atoms with Gasteiger partial charge in [0.25, 0.3) is 5.56 Å². The number of benzene rings is 1. The van der Waals surface area contributed by atoms with Crippen LogP contribution >= 0.6 is 23.2 Å². The molecule has 21 heavy (non-hydrogen) atoms. The molecule has 1 aromatic carbocycles. The normalized spacial score (nSPS) is 11.3. The summed E-state index contributed by atoms with van der Waals surface area (Å²) in [6.07, 6.45) is 1.48. The Balaban J connectivity index is 2.20. The van der Waals surface area contributed by atoms with Gasteiger partial charge in [0.05, 0.1) is 22.0 Å². The summed E-state index contributed by atoms with van der Waals surface area (Å²) in [6.45, 7) is 3.91. The van der Waals surface area contributed by atoms with Crippen LogP contribution in [0.5, 0.6) is 0 Å². The molecule has 0 unspecified atom stereocenters. The molecule has 0 saturated carbocycles. The molecule has 0 spiro atoms. The van der Waals surface area contributed by atoms with Gasteiger partial charge in [-0.1, -0.05) is 43.1 Å². The van der Waals surface area contributed by atoms with Crippen molar-refractivity contribution in [3.05, 3.63) is 55.9 Å². The summed E-state index contributed by atoms with van der Waals surface area (Å²) in [5.74, 6) is 0.417. The van der Waals surface area contributed by atoms with Crippen molar-refractivity contribution in [1.82, 2.24) is 9.97 Å². The van der Waals surface area contributed by atoms with E-state index < -0.39 is 0 Å².